The van der Waals surface area contributed by atoms with Gasteiger partial charge in [0.25, 0.3) is 0 Å². The first-order valence-corrected chi connectivity index (χ1v) is 12.6. The Hall–Kier alpha value is -1.67. The van der Waals surface area contributed by atoms with Gasteiger partial charge in [-0.05, 0) is 49.8 Å². The topological polar surface area (TPSA) is 58.3 Å². The molecule has 0 saturated carbocycles. The summed E-state index contributed by atoms with van der Waals surface area (Å²) in [4.78, 5) is 8.66. The van der Waals surface area contributed by atoms with Crippen LogP contribution in [0.1, 0.15) is 24.5 Å². The van der Waals surface area contributed by atoms with E-state index in [2.05, 4.69) is 57.0 Å². The molecule has 29 heavy (non-hydrogen) atoms. The van der Waals surface area contributed by atoms with Gasteiger partial charge in [0.2, 0.25) is 0 Å². The molecule has 1 aromatic carbocycles. The Morgan fingerprint density at radius 3 is 2.83 bits per heavy atom. The maximum absolute atomic E-state index is 4.90. The molecule has 1 aliphatic heterocycles. The van der Waals surface area contributed by atoms with Crippen LogP contribution in [-0.4, -0.2) is 63.0 Å². The summed E-state index contributed by atoms with van der Waals surface area (Å²) in [5.41, 5.74) is 0. The van der Waals surface area contributed by atoms with Gasteiger partial charge in [0.05, 0.1) is 0 Å². The molecular formula is C21H32N6S2. The molecule has 0 amide bonds. The van der Waals surface area contributed by atoms with E-state index in [4.69, 9.17) is 4.99 Å². The van der Waals surface area contributed by atoms with Gasteiger partial charge in [-0.1, -0.05) is 18.2 Å². The van der Waals surface area contributed by atoms with Gasteiger partial charge in [-0.15, -0.1) is 22.0 Å². The molecule has 0 bridgehead atoms. The van der Waals surface area contributed by atoms with Gasteiger partial charge in [-0.2, -0.15) is 11.8 Å². The third-order valence-electron chi connectivity index (χ3n) is 5.18. The summed E-state index contributed by atoms with van der Waals surface area (Å²) in [5.74, 6) is 5.85. The Bertz CT molecular complexity index is 777. The summed E-state index contributed by atoms with van der Waals surface area (Å²) in [6, 6.07) is 10.7. The van der Waals surface area contributed by atoms with Crippen LogP contribution in [0.4, 0.5) is 0 Å². The quantitative estimate of drug-likeness (QED) is 0.284. The lowest BCUT2D eigenvalue weighted by Gasteiger charge is -2.22. The Morgan fingerprint density at radius 2 is 2.10 bits per heavy atom. The summed E-state index contributed by atoms with van der Waals surface area (Å²) >= 11 is 3.85. The number of hydrogen-bond acceptors (Lipinski definition) is 5. The molecule has 1 unspecified atom stereocenters. The van der Waals surface area contributed by atoms with E-state index in [-0.39, 0.29) is 0 Å². The number of hydrogen-bond donors (Lipinski definition) is 1. The first kappa shape index (κ1) is 22.0. The number of guanidine groups is 1. The first-order valence-electron chi connectivity index (χ1n) is 10.2. The number of nitrogens with zero attached hydrogens (tertiary/aromatic N) is 5. The predicted octanol–water partition coefficient (Wildman–Crippen LogP) is 3.44. The molecule has 0 aliphatic carbocycles. The highest BCUT2D eigenvalue weighted by molar-refractivity contribution is 7.99. The molecule has 1 fully saturated rings. The maximum Gasteiger partial charge on any atom is 0.194 e. The number of nitrogens with one attached hydrogen (secondary N) is 1. The van der Waals surface area contributed by atoms with Crippen molar-refractivity contribution in [3.63, 3.8) is 0 Å². The highest BCUT2D eigenvalue weighted by Gasteiger charge is 2.25. The van der Waals surface area contributed by atoms with E-state index in [0.717, 1.165) is 49.4 Å². The van der Waals surface area contributed by atoms with Crippen molar-refractivity contribution in [2.75, 3.05) is 37.4 Å². The zero-order valence-corrected chi connectivity index (χ0v) is 19.3. The molecule has 1 aliphatic rings. The summed E-state index contributed by atoms with van der Waals surface area (Å²) < 4.78 is 2.01. The van der Waals surface area contributed by atoms with E-state index in [1.54, 1.807) is 0 Å². The summed E-state index contributed by atoms with van der Waals surface area (Å²) in [6.45, 7) is 5.61. The molecule has 1 atom stereocenters. The van der Waals surface area contributed by atoms with Crippen molar-refractivity contribution in [1.82, 2.24) is 25.0 Å². The monoisotopic (exact) mass is 432 g/mol. The lowest BCUT2D eigenvalue weighted by Crippen LogP contribution is -2.41. The number of thioether (sulfide) groups is 2. The highest BCUT2D eigenvalue weighted by atomic mass is 32.2. The molecule has 2 aromatic rings. The number of aryl methyl sites for hydroxylation is 1. The second-order valence-corrected chi connectivity index (χ2v) is 9.44. The van der Waals surface area contributed by atoms with Gasteiger partial charge in [-0.25, -0.2) is 4.99 Å². The Balaban J connectivity index is 1.57. The minimum atomic E-state index is 0.558. The van der Waals surface area contributed by atoms with Crippen molar-refractivity contribution in [2.24, 2.45) is 18.0 Å². The van der Waals surface area contributed by atoms with Gasteiger partial charge in [0.15, 0.2) is 11.8 Å². The fourth-order valence-corrected chi connectivity index (χ4v) is 4.79. The standard InChI is InChI=1S/C21H32N6S2/c1-17-24-25-20(26(17)2)14-23-21(22-11-7-13-28-3)27-12-10-18(15-27)16-29-19-8-5-4-6-9-19/h4-6,8-9,18H,7,10-16H2,1-3H3,(H,22,23). The number of benzene rings is 1. The fraction of sp³-hybridized carbons (Fsp3) is 0.571. The van der Waals surface area contributed by atoms with Crippen molar-refractivity contribution in [3.8, 4) is 0 Å². The molecule has 1 aromatic heterocycles. The number of likely N-dealkylation sites (tertiary alicyclic amines) is 1. The second-order valence-electron chi connectivity index (χ2n) is 7.36. The zero-order valence-electron chi connectivity index (χ0n) is 17.7. The largest absolute Gasteiger partial charge is 0.356 e. The summed E-state index contributed by atoms with van der Waals surface area (Å²) in [7, 11) is 2.00. The number of aromatic nitrogens is 3. The van der Waals surface area contributed by atoms with Crippen LogP contribution in [0.15, 0.2) is 40.2 Å². The van der Waals surface area contributed by atoms with E-state index in [1.165, 1.54) is 17.1 Å². The van der Waals surface area contributed by atoms with Crippen LogP contribution < -0.4 is 5.32 Å². The average molecular weight is 433 g/mol. The van der Waals surface area contributed by atoms with E-state index in [0.29, 0.717) is 12.5 Å². The van der Waals surface area contributed by atoms with Crippen LogP contribution >= 0.6 is 23.5 Å². The minimum Gasteiger partial charge on any atom is -0.356 e. The van der Waals surface area contributed by atoms with Gasteiger partial charge in [0.1, 0.15) is 12.4 Å². The van der Waals surface area contributed by atoms with Crippen molar-refractivity contribution in [1.29, 1.82) is 0 Å². The van der Waals surface area contributed by atoms with Crippen molar-refractivity contribution in [2.45, 2.75) is 31.2 Å². The fourth-order valence-electron chi connectivity index (χ4n) is 3.31. The van der Waals surface area contributed by atoms with Gasteiger partial charge >= 0.3 is 0 Å². The zero-order chi connectivity index (χ0) is 20.5. The molecule has 6 nitrogen and oxygen atoms in total. The van der Waals surface area contributed by atoms with E-state index >= 15 is 0 Å². The van der Waals surface area contributed by atoms with Gasteiger partial charge in [-0.3, -0.25) is 0 Å². The smallest absolute Gasteiger partial charge is 0.194 e. The van der Waals surface area contributed by atoms with Gasteiger partial charge < -0.3 is 14.8 Å². The molecule has 0 spiro atoms. The lowest BCUT2D eigenvalue weighted by atomic mass is 10.2. The molecule has 1 N–H and O–H groups in total. The van der Waals surface area contributed by atoms with Crippen molar-refractivity contribution < 1.29 is 0 Å². The van der Waals surface area contributed by atoms with E-state index in [9.17, 15) is 0 Å². The first-order chi connectivity index (χ1) is 14.2. The third-order valence-corrected chi connectivity index (χ3v) is 7.12. The predicted molar refractivity (Wildman–Crippen MR) is 125 cm³/mol. The Labute approximate surface area is 183 Å². The molecule has 8 heteroatoms. The lowest BCUT2D eigenvalue weighted by molar-refractivity contribution is 0.472. The van der Waals surface area contributed by atoms with Crippen LogP contribution in [0.25, 0.3) is 0 Å². The normalized spacial score (nSPS) is 17.1. The molecule has 1 saturated heterocycles. The second kappa shape index (κ2) is 11.5. The number of rotatable bonds is 9. The van der Waals surface area contributed by atoms with Crippen molar-refractivity contribution >= 4 is 29.5 Å². The van der Waals surface area contributed by atoms with Crippen LogP contribution in [0.2, 0.25) is 0 Å². The summed E-state index contributed by atoms with van der Waals surface area (Å²) in [5, 5.41) is 12.0. The third kappa shape index (κ3) is 6.67. The van der Waals surface area contributed by atoms with Crippen LogP contribution in [-0.2, 0) is 13.6 Å². The molecule has 2 heterocycles. The average Bonchev–Trinajstić information content (AvgIpc) is 3.34. The minimum absolute atomic E-state index is 0.558. The number of aliphatic imine (C=N–C) groups is 1. The van der Waals surface area contributed by atoms with Crippen molar-refractivity contribution in [3.05, 3.63) is 42.0 Å². The highest BCUT2D eigenvalue weighted by Crippen LogP contribution is 2.26. The SMILES string of the molecule is CSCCCNC(=NCc1nnc(C)n1C)N1CCC(CSc2ccccc2)C1. The Morgan fingerprint density at radius 1 is 1.28 bits per heavy atom. The van der Waals surface area contributed by atoms with Crippen LogP contribution in [0, 0.1) is 12.8 Å². The molecule has 158 valence electrons. The van der Waals surface area contributed by atoms with Crippen LogP contribution in [0.3, 0.4) is 0 Å². The molecule has 3 rings (SSSR count). The maximum atomic E-state index is 4.90. The van der Waals surface area contributed by atoms with Gasteiger partial charge in [0, 0.05) is 37.3 Å². The van der Waals surface area contributed by atoms with E-state index in [1.807, 2.05) is 42.1 Å². The molecular weight excluding hydrogens is 400 g/mol. The summed E-state index contributed by atoms with van der Waals surface area (Å²) in [6.07, 6.45) is 4.51. The molecule has 0 radical (unpaired) electrons. The van der Waals surface area contributed by atoms with E-state index < -0.39 is 0 Å². The van der Waals surface area contributed by atoms with Crippen LogP contribution in [0.5, 0.6) is 0 Å². The Kier molecular flexibility index (Phi) is 8.73.